The van der Waals surface area contributed by atoms with Crippen LogP contribution in [-0.2, 0) is 0 Å². The molecule has 0 aromatic carbocycles. The maximum atomic E-state index is 12.9. The normalized spacial score (nSPS) is 20.0. The molecule has 1 N–H and O–H groups in total. The summed E-state index contributed by atoms with van der Waals surface area (Å²) >= 11 is 0. The highest BCUT2D eigenvalue weighted by Gasteiger charge is 2.42. The highest BCUT2D eigenvalue weighted by molar-refractivity contribution is 5.49. The summed E-state index contributed by atoms with van der Waals surface area (Å²) in [6.45, 7) is 4.51. The summed E-state index contributed by atoms with van der Waals surface area (Å²) < 4.78 is 38.7. The minimum absolute atomic E-state index is 0.0266. The lowest BCUT2D eigenvalue weighted by Crippen LogP contribution is -2.42. The average Bonchev–Trinajstić information content (AvgIpc) is 2.46. The molecule has 4 nitrogen and oxygen atoms in total. The molecule has 1 atom stereocenters. The standard InChI is InChI=1S/C14H21F3N4/c1-9(2)13-19-11(18-3)7-12(20-13)21-6-4-5-10(8-21)14(15,16)17/h7,9-10H,4-6,8H2,1-3H3,(H,18,19,20). The lowest BCUT2D eigenvalue weighted by atomic mass is 9.97. The molecule has 0 spiro atoms. The largest absolute Gasteiger partial charge is 0.393 e. The molecule has 21 heavy (non-hydrogen) atoms. The van der Waals surface area contributed by atoms with E-state index in [1.807, 2.05) is 13.8 Å². The van der Waals surface area contributed by atoms with Gasteiger partial charge in [-0.2, -0.15) is 13.2 Å². The summed E-state index contributed by atoms with van der Waals surface area (Å²) in [7, 11) is 1.74. The maximum Gasteiger partial charge on any atom is 0.393 e. The van der Waals surface area contributed by atoms with Crippen molar-refractivity contribution in [3.63, 3.8) is 0 Å². The van der Waals surface area contributed by atoms with Crippen LogP contribution >= 0.6 is 0 Å². The molecule has 1 fully saturated rings. The van der Waals surface area contributed by atoms with Gasteiger partial charge in [0, 0.05) is 32.1 Å². The van der Waals surface area contributed by atoms with Gasteiger partial charge in [-0.1, -0.05) is 13.8 Å². The van der Waals surface area contributed by atoms with Crippen molar-refractivity contribution in [1.82, 2.24) is 9.97 Å². The summed E-state index contributed by atoms with van der Waals surface area (Å²) in [5, 5.41) is 2.94. The zero-order chi connectivity index (χ0) is 15.6. The monoisotopic (exact) mass is 302 g/mol. The van der Waals surface area contributed by atoms with Crippen molar-refractivity contribution < 1.29 is 13.2 Å². The summed E-state index contributed by atoms with van der Waals surface area (Å²) in [4.78, 5) is 10.5. The van der Waals surface area contributed by atoms with E-state index in [1.54, 1.807) is 18.0 Å². The summed E-state index contributed by atoms with van der Waals surface area (Å²) in [6, 6.07) is 1.71. The Hall–Kier alpha value is -1.53. The SMILES string of the molecule is CNc1cc(N2CCCC(C(F)(F)F)C2)nc(C(C)C)n1. The smallest absolute Gasteiger partial charge is 0.373 e. The predicted molar refractivity (Wildman–Crippen MR) is 76.7 cm³/mol. The molecule has 1 aliphatic heterocycles. The Morgan fingerprint density at radius 3 is 2.62 bits per heavy atom. The summed E-state index contributed by atoms with van der Waals surface area (Å²) in [5.74, 6) is 0.706. The number of halogens is 3. The van der Waals surface area contributed by atoms with Gasteiger partial charge < -0.3 is 10.2 Å². The highest BCUT2D eigenvalue weighted by atomic mass is 19.4. The molecule has 0 bridgehead atoms. The van der Waals surface area contributed by atoms with Gasteiger partial charge in [-0.25, -0.2) is 9.97 Å². The van der Waals surface area contributed by atoms with Crippen molar-refractivity contribution in [2.24, 2.45) is 5.92 Å². The van der Waals surface area contributed by atoms with E-state index in [2.05, 4.69) is 15.3 Å². The molecule has 2 heterocycles. The van der Waals surface area contributed by atoms with Crippen LogP contribution in [-0.4, -0.2) is 36.3 Å². The number of rotatable bonds is 3. The van der Waals surface area contributed by atoms with E-state index in [-0.39, 0.29) is 18.9 Å². The maximum absolute atomic E-state index is 12.9. The molecule has 0 aliphatic carbocycles. The van der Waals surface area contributed by atoms with Gasteiger partial charge in [0.05, 0.1) is 5.92 Å². The summed E-state index contributed by atoms with van der Waals surface area (Å²) in [5.41, 5.74) is 0. The second-order valence-corrected chi connectivity index (χ2v) is 5.70. The van der Waals surface area contributed by atoms with Crippen LogP contribution in [0.3, 0.4) is 0 Å². The lowest BCUT2D eigenvalue weighted by Gasteiger charge is -2.34. The molecule has 0 radical (unpaired) electrons. The average molecular weight is 302 g/mol. The van der Waals surface area contributed by atoms with E-state index in [0.29, 0.717) is 30.4 Å². The number of hydrogen-bond donors (Lipinski definition) is 1. The second kappa shape index (κ2) is 6.07. The first-order valence-electron chi connectivity index (χ1n) is 7.19. The molecule has 0 amide bonds. The van der Waals surface area contributed by atoms with Crippen LogP contribution in [0.1, 0.15) is 38.4 Å². The van der Waals surface area contributed by atoms with Gasteiger partial charge in [-0.3, -0.25) is 0 Å². The Kier molecular flexibility index (Phi) is 4.58. The van der Waals surface area contributed by atoms with Gasteiger partial charge in [0.1, 0.15) is 17.5 Å². The third-order valence-electron chi connectivity index (χ3n) is 3.71. The number of nitrogens with zero attached hydrogens (tertiary/aromatic N) is 3. The van der Waals surface area contributed by atoms with Crippen LogP contribution in [0.15, 0.2) is 6.07 Å². The number of anilines is 2. The Bertz CT molecular complexity index is 488. The first kappa shape index (κ1) is 15.9. The van der Waals surface area contributed by atoms with Crippen molar-refractivity contribution in [1.29, 1.82) is 0 Å². The highest BCUT2D eigenvalue weighted by Crippen LogP contribution is 2.34. The van der Waals surface area contributed by atoms with E-state index >= 15 is 0 Å². The molecule has 118 valence electrons. The second-order valence-electron chi connectivity index (χ2n) is 5.70. The Labute approximate surface area is 122 Å². The Morgan fingerprint density at radius 1 is 1.33 bits per heavy atom. The van der Waals surface area contributed by atoms with Crippen molar-refractivity contribution in [3.05, 3.63) is 11.9 Å². The fourth-order valence-electron chi connectivity index (χ4n) is 2.45. The molecule has 1 saturated heterocycles. The van der Waals surface area contributed by atoms with E-state index in [4.69, 9.17) is 0 Å². The molecule has 2 rings (SSSR count). The molecule has 1 aliphatic rings. The zero-order valence-corrected chi connectivity index (χ0v) is 12.5. The van der Waals surface area contributed by atoms with Gasteiger partial charge in [0.2, 0.25) is 0 Å². The van der Waals surface area contributed by atoms with Gasteiger partial charge in [-0.05, 0) is 12.8 Å². The minimum atomic E-state index is -4.14. The fraction of sp³-hybridized carbons (Fsp3) is 0.714. The van der Waals surface area contributed by atoms with Crippen LogP contribution in [0.25, 0.3) is 0 Å². The van der Waals surface area contributed by atoms with Crippen LogP contribution in [0, 0.1) is 5.92 Å². The Morgan fingerprint density at radius 2 is 2.05 bits per heavy atom. The van der Waals surface area contributed by atoms with E-state index in [9.17, 15) is 13.2 Å². The molecule has 1 unspecified atom stereocenters. The van der Waals surface area contributed by atoms with Gasteiger partial charge in [0.25, 0.3) is 0 Å². The van der Waals surface area contributed by atoms with Crippen LogP contribution in [0.4, 0.5) is 24.8 Å². The van der Waals surface area contributed by atoms with Gasteiger partial charge >= 0.3 is 6.18 Å². The minimum Gasteiger partial charge on any atom is -0.373 e. The van der Waals surface area contributed by atoms with Crippen molar-refractivity contribution in [2.75, 3.05) is 30.4 Å². The quantitative estimate of drug-likeness (QED) is 0.929. The fourth-order valence-corrected chi connectivity index (χ4v) is 2.45. The van der Waals surface area contributed by atoms with E-state index in [0.717, 1.165) is 0 Å². The van der Waals surface area contributed by atoms with Gasteiger partial charge in [-0.15, -0.1) is 0 Å². The molecule has 7 heteroatoms. The first-order valence-corrected chi connectivity index (χ1v) is 7.19. The molecule has 1 aromatic heterocycles. The number of aromatic nitrogens is 2. The number of alkyl halides is 3. The molecular weight excluding hydrogens is 281 g/mol. The van der Waals surface area contributed by atoms with E-state index in [1.165, 1.54) is 0 Å². The zero-order valence-electron chi connectivity index (χ0n) is 12.5. The molecule has 0 saturated carbocycles. The third kappa shape index (κ3) is 3.77. The van der Waals surface area contributed by atoms with Crippen LogP contribution in [0.5, 0.6) is 0 Å². The third-order valence-corrected chi connectivity index (χ3v) is 3.71. The number of hydrogen-bond acceptors (Lipinski definition) is 4. The van der Waals surface area contributed by atoms with Crippen molar-refractivity contribution in [3.8, 4) is 0 Å². The number of nitrogens with one attached hydrogen (secondary N) is 1. The Balaban J connectivity index is 2.26. The van der Waals surface area contributed by atoms with Crippen molar-refractivity contribution >= 4 is 11.6 Å². The topological polar surface area (TPSA) is 41.0 Å². The predicted octanol–water partition coefficient (Wildman–Crippen LogP) is 3.42. The number of piperidine rings is 1. The van der Waals surface area contributed by atoms with Crippen LogP contribution < -0.4 is 10.2 Å². The van der Waals surface area contributed by atoms with Gasteiger partial charge in [0.15, 0.2) is 0 Å². The first-order chi connectivity index (χ1) is 9.81. The molecule has 1 aromatic rings. The summed E-state index contributed by atoms with van der Waals surface area (Å²) in [6.07, 6.45) is -3.42. The van der Waals surface area contributed by atoms with Crippen molar-refractivity contribution in [2.45, 2.75) is 38.8 Å². The lowest BCUT2D eigenvalue weighted by molar-refractivity contribution is -0.176. The van der Waals surface area contributed by atoms with E-state index < -0.39 is 12.1 Å². The molecular formula is C14H21F3N4. The van der Waals surface area contributed by atoms with Crippen LogP contribution in [0.2, 0.25) is 0 Å².